The first kappa shape index (κ1) is 30.0. The van der Waals surface area contributed by atoms with Gasteiger partial charge in [0.05, 0.1) is 0 Å². The van der Waals surface area contributed by atoms with E-state index < -0.39 is 0 Å². The SMILES string of the molecule is C=C(NC(=NC(C)=NCCCCCC)Nc1ccc(O)cc1)Nc1ccc(C(=NC)NCc2ccccc2)cc1. The van der Waals surface area contributed by atoms with Crippen LogP contribution in [0.1, 0.15) is 50.7 Å². The van der Waals surface area contributed by atoms with Crippen LogP contribution in [0, 0.1) is 0 Å². The third-order valence-electron chi connectivity index (χ3n) is 6.01. The van der Waals surface area contributed by atoms with Crippen LogP contribution in [-0.4, -0.2) is 36.3 Å². The molecule has 3 aromatic rings. The molecule has 0 atom stereocenters. The zero-order valence-electron chi connectivity index (χ0n) is 23.7. The Morgan fingerprint density at radius 2 is 1.52 bits per heavy atom. The molecule has 3 aromatic carbocycles. The van der Waals surface area contributed by atoms with Crippen LogP contribution in [0.15, 0.2) is 106 Å². The Labute approximate surface area is 238 Å². The molecule has 0 aliphatic rings. The van der Waals surface area contributed by atoms with Crippen molar-refractivity contribution in [2.75, 3.05) is 24.2 Å². The first-order valence-electron chi connectivity index (χ1n) is 13.7. The van der Waals surface area contributed by atoms with Crippen LogP contribution >= 0.6 is 0 Å². The third-order valence-corrected chi connectivity index (χ3v) is 6.01. The first-order valence-corrected chi connectivity index (χ1v) is 13.7. The van der Waals surface area contributed by atoms with Crippen LogP contribution in [0.2, 0.25) is 0 Å². The summed E-state index contributed by atoms with van der Waals surface area (Å²) in [6.07, 6.45) is 4.63. The van der Waals surface area contributed by atoms with Gasteiger partial charge in [-0.2, -0.15) is 0 Å². The normalized spacial score (nSPS) is 12.1. The highest BCUT2D eigenvalue weighted by molar-refractivity contribution is 6.03. The summed E-state index contributed by atoms with van der Waals surface area (Å²) >= 11 is 0. The van der Waals surface area contributed by atoms with Crippen molar-refractivity contribution in [2.24, 2.45) is 15.0 Å². The number of hydrogen-bond acceptors (Lipinski definition) is 4. The molecule has 0 heterocycles. The van der Waals surface area contributed by atoms with Gasteiger partial charge in [0.15, 0.2) is 0 Å². The minimum atomic E-state index is 0.197. The van der Waals surface area contributed by atoms with Crippen molar-refractivity contribution in [2.45, 2.75) is 46.1 Å². The number of phenols is 1. The molecule has 0 unspecified atom stereocenters. The molecule has 40 heavy (non-hydrogen) atoms. The summed E-state index contributed by atoms with van der Waals surface area (Å²) in [5.41, 5.74) is 3.82. The van der Waals surface area contributed by atoms with Gasteiger partial charge in [0.2, 0.25) is 5.96 Å². The highest BCUT2D eigenvalue weighted by Crippen LogP contribution is 2.15. The summed E-state index contributed by atoms with van der Waals surface area (Å²) in [7, 11) is 1.78. The summed E-state index contributed by atoms with van der Waals surface area (Å²) in [6.45, 7) is 9.65. The van der Waals surface area contributed by atoms with Gasteiger partial charge in [0.25, 0.3) is 0 Å². The molecule has 8 nitrogen and oxygen atoms in total. The number of benzene rings is 3. The Hall–Kier alpha value is -4.59. The first-order chi connectivity index (χ1) is 19.5. The number of anilines is 2. The predicted octanol–water partition coefficient (Wildman–Crippen LogP) is 6.50. The maximum absolute atomic E-state index is 9.63. The fraction of sp³-hybridized carbons (Fsp3) is 0.281. The molecule has 0 amide bonds. The zero-order valence-corrected chi connectivity index (χ0v) is 23.7. The molecule has 8 heteroatoms. The van der Waals surface area contributed by atoms with E-state index in [1.165, 1.54) is 24.8 Å². The van der Waals surface area contributed by atoms with E-state index in [0.29, 0.717) is 24.2 Å². The van der Waals surface area contributed by atoms with Crippen LogP contribution in [0.4, 0.5) is 11.4 Å². The van der Waals surface area contributed by atoms with E-state index in [-0.39, 0.29) is 5.75 Å². The minimum absolute atomic E-state index is 0.197. The fourth-order valence-electron chi connectivity index (χ4n) is 3.90. The van der Waals surface area contributed by atoms with Crippen molar-refractivity contribution < 1.29 is 5.11 Å². The number of nitrogens with one attached hydrogen (secondary N) is 4. The van der Waals surface area contributed by atoms with Crippen molar-refractivity contribution in [1.29, 1.82) is 0 Å². The third kappa shape index (κ3) is 10.6. The summed E-state index contributed by atoms with van der Waals surface area (Å²) in [5.74, 6) is 2.70. The van der Waals surface area contributed by atoms with Crippen molar-refractivity contribution in [3.63, 3.8) is 0 Å². The van der Waals surface area contributed by atoms with E-state index in [1.807, 2.05) is 49.4 Å². The number of unbranched alkanes of at least 4 members (excludes halogenated alkanes) is 3. The van der Waals surface area contributed by atoms with Crippen LogP contribution in [-0.2, 0) is 6.54 Å². The lowest BCUT2D eigenvalue weighted by Gasteiger charge is -2.16. The molecule has 0 saturated carbocycles. The second-order valence-electron chi connectivity index (χ2n) is 9.34. The molecule has 5 N–H and O–H groups in total. The maximum Gasteiger partial charge on any atom is 0.207 e. The quantitative estimate of drug-likeness (QED) is 0.0782. The molecular weight excluding hydrogens is 498 g/mol. The van der Waals surface area contributed by atoms with Gasteiger partial charge in [-0.25, -0.2) is 4.99 Å². The molecule has 0 saturated heterocycles. The lowest BCUT2D eigenvalue weighted by atomic mass is 10.1. The molecular formula is C32H41N7O. The predicted molar refractivity (Wildman–Crippen MR) is 169 cm³/mol. The largest absolute Gasteiger partial charge is 0.508 e. The molecule has 0 radical (unpaired) electrons. The fourth-order valence-corrected chi connectivity index (χ4v) is 3.90. The molecule has 0 aromatic heterocycles. The Balaban J connectivity index is 1.63. The molecule has 0 spiro atoms. The van der Waals surface area contributed by atoms with Crippen LogP contribution in [0.5, 0.6) is 5.75 Å². The van der Waals surface area contributed by atoms with Crippen molar-refractivity contribution in [3.05, 3.63) is 102 Å². The standard InChI is InChI=1S/C32H41N7O/c1-5-6-7-11-22-34-24(2)37-32(39-29-18-20-30(40)21-19-29)38-25(3)36-28-16-14-27(15-17-28)31(33-4)35-23-26-12-9-8-10-13-26/h8-10,12-21,36,40H,3,5-7,11,22-23H2,1-2,4H3,(H,33,35)(H2,34,37,38,39). The Morgan fingerprint density at radius 1 is 0.850 bits per heavy atom. The lowest BCUT2D eigenvalue weighted by Crippen LogP contribution is -2.33. The number of aromatic hydroxyl groups is 1. The topological polar surface area (TPSA) is 105 Å². The number of amidine groups is 2. The van der Waals surface area contributed by atoms with Crippen molar-refractivity contribution in [3.8, 4) is 5.75 Å². The van der Waals surface area contributed by atoms with Gasteiger partial charge in [-0.15, -0.1) is 0 Å². The van der Waals surface area contributed by atoms with Crippen molar-refractivity contribution >= 4 is 29.0 Å². The van der Waals surface area contributed by atoms with Crippen LogP contribution in [0.3, 0.4) is 0 Å². The Bertz CT molecular complexity index is 1280. The number of nitrogens with zero attached hydrogens (tertiary/aromatic N) is 3. The van der Waals surface area contributed by atoms with E-state index >= 15 is 0 Å². The van der Waals surface area contributed by atoms with Gasteiger partial charge in [-0.1, -0.05) is 63.1 Å². The monoisotopic (exact) mass is 539 g/mol. The van der Waals surface area contributed by atoms with Crippen LogP contribution in [0.25, 0.3) is 0 Å². The Kier molecular flexibility index (Phi) is 12.3. The van der Waals surface area contributed by atoms with E-state index in [0.717, 1.165) is 35.7 Å². The lowest BCUT2D eigenvalue weighted by molar-refractivity contribution is 0.475. The number of guanidine groups is 1. The van der Waals surface area contributed by atoms with Gasteiger partial charge in [-0.05, 0) is 67.4 Å². The number of hydrogen-bond donors (Lipinski definition) is 5. The summed E-state index contributed by atoms with van der Waals surface area (Å²) in [4.78, 5) is 13.7. The number of aliphatic imine (C=N–C) groups is 3. The minimum Gasteiger partial charge on any atom is -0.508 e. The zero-order chi connectivity index (χ0) is 28.6. The molecule has 0 aliphatic heterocycles. The van der Waals surface area contributed by atoms with Gasteiger partial charge >= 0.3 is 0 Å². The summed E-state index contributed by atoms with van der Waals surface area (Å²) in [6, 6.07) is 25.0. The maximum atomic E-state index is 9.63. The van der Waals surface area contributed by atoms with Gasteiger partial charge < -0.3 is 26.4 Å². The smallest absolute Gasteiger partial charge is 0.207 e. The van der Waals surface area contributed by atoms with E-state index in [4.69, 9.17) is 0 Å². The molecule has 3 rings (SSSR count). The van der Waals surface area contributed by atoms with E-state index in [2.05, 4.69) is 61.9 Å². The van der Waals surface area contributed by atoms with Gasteiger partial charge in [0, 0.05) is 37.1 Å². The average molecular weight is 540 g/mol. The molecule has 0 fully saturated rings. The molecule has 0 bridgehead atoms. The molecule has 0 aliphatic carbocycles. The summed E-state index contributed by atoms with van der Waals surface area (Å²) in [5, 5.41) is 22.8. The van der Waals surface area contributed by atoms with Crippen LogP contribution < -0.4 is 21.3 Å². The second-order valence-corrected chi connectivity index (χ2v) is 9.34. The average Bonchev–Trinajstić information content (AvgIpc) is 2.96. The van der Waals surface area contributed by atoms with Gasteiger partial charge in [0.1, 0.15) is 23.2 Å². The van der Waals surface area contributed by atoms with Crippen molar-refractivity contribution in [1.82, 2.24) is 10.6 Å². The van der Waals surface area contributed by atoms with Gasteiger partial charge in [-0.3, -0.25) is 9.98 Å². The highest BCUT2D eigenvalue weighted by atomic mass is 16.3. The van der Waals surface area contributed by atoms with E-state index in [1.54, 1.807) is 31.3 Å². The molecule has 210 valence electrons. The number of rotatable bonds is 12. The number of phenolic OH excluding ortho intramolecular Hbond substituents is 1. The second kappa shape index (κ2) is 16.4. The Morgan fingerprint density at radius 3 is 2.20 bits per heavy atom. The van der Waals surface area contributed by atoms with E-state index in [9.17, 15) is 5.11 Å². The highest BCUT2D eigenvalue weighted by Gasteiger charge is 2.07. The summed E-state index contributed by atoms with van der Waals surface area (Å²) < 4.78 is 0.